The Kier molecular flexibility index (Phi) is 4.56. The molecule has 138 valence electrons. The third-order valence-corrected chi connectivity index (χ3v) is 5.23. The standard InChI is InChI=1S/C28H21N/c1-3-9-22(10-4-1)28-20-24(19-23-11-7-8-14-27(23)28)21-15-17-26(18-16-21)29-25-12-5-2-6-13-25/h1-20,29H. The predicted octanol–water partition coefficient (Wildman–Crippen LogP) is 7.92. The van der Waals surface area contributed by atoms with Gasteiger partial charge in [0.25, 0.3) is 0 Å². The van der Waals surface area contributed by atoms with Crippen LogP contribution in [0.5, 0.6) is 0 Å². The van der Waals surface area contributed by atoms with Crippen LogP contribution in [0.15, 0.2) is 121 Å². The molecule has 0 aliphatic rings. The van der Waals surface area contributed by atoms with E-state index < -0.39 is 0 Å². The molecule has 29 heavy (non-hydrogen) atoms. The summed E-state index contributed by atoms with van der Waals surface area (Å²) in [7, 11) is 0. The van der Waals surface area contributed by atoms with E-state index >= 15 is 0 Å². The van der Waals surface area contributed by atoms with Gasteiger partial charge < -0.3 is 5.32 Å². The molecule has 5 aromatic carbocycles. The van der Waals surface area contributed by atoms with Crippen LogP contribution in [-0.2, 0) is 0 Å². The fourth-order valence-electron chi connectivity index (χ4n) is 3.77. The summed E-state index contributed by atoms with van der Waals surface area (Å²) in [5.74, 6) is 0. The van der Waals surface area contributed by atoms with Crippen molar-refractivity contribution < 1.29 is 0 Å². The van der Waals surface area contributed by atoms with Crippen molar-refractivity contribution in [3.05, 3.63) is 121 Å². The zero-order chi connectivity index (χ0) is 19.5. The van der Waals surface area contributed by atoms with E-state index in [0.29, 0.717) is 0 Å². The molecule has 0 unspecified atom stereocenters. The zero-order valence-corrected chi connectivity index (χ0v) is 16.0. The summed E-state index contributed by atoms with van der Waals surface area (Å²) < 4.78 is 0. The molecule has 5 aromatic rings. The van der Waals surface area contributed by atoms with Gasteiger partial charge in [0.15, 0.2) is 0 Å². The van der Waals surface area contributed by atoms with Crippen molar-refractivity contribution in [2.75, 3.05) is 5.32 Å². The van der Waals surface area contributed by atoms with Crippen LogP contribution in [0.2, 0.25) is 0 Å². The van der Waals surface area contributed by atoms with Crippen LogP contribution < -0.4 is 5.32 Å². The van der Waals surface area contributed by atoms with E-state index in [9.17, 15) is 0 Å². The van der Waals surface area contributed by atoms with E-state index in [0.717, 1.165) is 11.4 Å². The first-order chi connectivity index (χ1) is 14.4. The summed E-state index contributed by atoms with van der Waals surface area (Å²) in [6.07, 6.45) is 0. The smallest absolute Gasteiger partial charge is 0.0384 e. The fourth-order valence-corrected chi connectivity index (χ4v) is 3.77. The molecule has 1 heteroatoms. The highest BCUT2D eigenvalue weighted by atomic mass is 14.9. The highest BCUT2D eigenvalue weighted by molar-refractivity contribution is 6.00. The van der Waals surface area contributed by atoms with E-state index in [2.05, 4.69) is 108 Å². The minimum Gasteiger partial charge on any atom is -0.356 e. The van der Waals surface area contributed by atoms with Crippen LogP contribution in [0.4, 0.5) is 11.4 Å². The molecular formula is C28H21N. The van der Waals surface area contributed by atoms with Crippen molar-refractivity contribution in [1.29, 1.82) is 0 Å². The number of para-hydroxylation sites is 1. The van der Waals surface area contributed by atoms with Crippen LogP contribution in [-0.4, -0.2) is 0 Å². The summed E-state index contributed by atoms with van der Waals surface area (Å²) in [5.41, 5.74) is 7.14. The lowest BCUT2D eigenvalue weighted by Gasteiger charge is -2.12. The predicted molar refractivity (Wildman–Crippen MR) is 125 cm³/mol. The van der Waals surface area contributed by atoms with Gasteiger partial charge >= 0.3 is 0 Å². The van der Waals surface area contributed by atoms with Gasteiger partial charge in [0.2, 0.25) is 0 Å². The molecule has 0 bridgehead atoms. The lowest BCUT2D eigenvalue weighted by molar-refractivity contribution is 1.54. The van der Waals surface area contributed by atoms with Gasteiger partial charge in [-0.05, 0) is 69.4 Å². The minimum absolute atomic E-state index is 1.09. The van der Waals surface area contributed by atoms with Gasteiger partial charge in [-0.25, -0.2) is 0 Å². The maximum Gasteiger partial charge on any atom is 0.0384 e. The monoisotopic (exact) mass is 371 g/mol. The number of hydrogen-bond acceptors (Lipinski definition) is 1. The Hall–Kier alpha value is -3.84. The number of hydrogen-bond donors (Lipinski definition) is 1. The summed E-state index contributed by atoms with van der Waals surface area (Å²) >= 11 is 0. The molecule has 0 atom stereocenters. The first-order valence-corrected chi connectivity index (χ1v) is 9.87. The quantitative estimate of drug-likeness (QED) is 0.338. The zero-order valence-electron chi connectivity index (χ0n) is 16.0. The molecule has 0 spiro atoms. The van der Waals surface area contributed by atoms with Gasteiger partial charge in [-0.15, -0.1) is 0 Å². The molecule has 0 fully saturated rings. The van der Waals surface area contributed by atoms with Crippen LogP contribution in [0, 0.1) is 0 Å². The minimum atomic E-state index is 1.09. The Labute approximate surface area is 171 Å². The summed E-state index contributed by atoms with van der Waals surface area (Å²) in [6.45, 7) is 0. The second-order valence-electron chi connectivity index (χ2n) is 7.18. The molecule has 0 radical (unpaired) electrons. The molecule has 0 aliphatic carbocycles. The van der Waals surface area contributed by atoms with E-state index in [1.54, 1.807) is 0 Å². The van der Waals surface area contributed by atoms with Gasteiger partial charge in [0.05, 0.1) is 0 Å². The van der Waals surface area contributed by atoms with Crippen LogP contribution in [0.25, 0.3) is 33.0 Å². The maximum absolute atomic E-state index is 3.45. The molecule has 0 aliphatic heterocycles. The second-order valence-corrected chi connectivity index (χ2v) is 7.18. The van der Waals surface area contributed by atoms with Gasteiger partial charge in [0.1, 0.15) is 0 Å². The number of anilines is 2. The maximum atomic E-state index is 3.45. The Bertz CT molecular complexity index is 1240. The number of rotatable bonds is 4. The average Bonchev–Trinajstić information content (AvgIpc) is 2.80. The molecule has 0 saturated carbocycles. The first kappa shape index (κ1) is 17.3. The third-order valence-electron chi connectivity index (χ3n) is 5.23. The lowest BCUT2D eigenvalue weighted by atomic mass is 9.93. The van der Waals surface area contributed by atoms with E-state index in [1.807, 2.05) is 18.2 Å². The highest BCUT2D eigenvalue weighted by Gasteiger charge is 2.08. The molecule has 5 rings (SSSR count). The highest BCUT2D eigenvalue weighted by Crippen LogP contribution is 2.34. The summed E-state index contributed by atoms with van der Waals surface area (Å²) in [5, 5.41) is 5.99. The Morgan fingerprint density at radius 1 is 0.414 bits per heavy atom. The summed E-state index contributed by atoms with van der Waals surface area (Å²) in [6, 6.07) is 42.7. The lowest BCUT2D eigenvalue weighted by Crippen LogP contribution is -1.90. The number of fused-ring (bicyclic) bond motifs is 1. The van der Waals surface area contributed by atoms with Gasteiger partial charge in [-0.3, -0.25) is 0 Å². The SMILES string of the molecule is c1ccc(Nc2ccc(-c3cc(-c4ccccc4)c4ccccc4c3)cc2)cc1. The van der Waals surface area contributed by atoms with Crippen molar-refractivity contribution in [2.24, 2.45) is 0 Å². The third kappa shape index (κ3) is 3.63. The van der Waals surface area contributed by atoms with Crippen LogP contribution in [0.3, 0.4) is 0 Å². The van der Waals surface area contributed by atoms with Crippen LogP contribution in [0.1, 0.15) is 0 Å². The molecule has 0 aromatic heterocycles. The van der Waals surface area contributed by atoms with E-state index in [1.165, 1.54) is 33.0 Å². The Morgan fingerprint density at radius 3 is 1.79 bits per heavy atom. The molecule has 0 amide bonds. The number of benzene rings is 5. The molecule has 1 nitrogen and oxygen atoms in total. The van der Waals surface area contributed by atoms with E-state index in [-0.39, 0.29) is 0 Å². The molecule has 0 heterocycles. The fraction of sp³-hybridized carbons (Fsp3) is 0. The normalized spacial score (nSPS) is 10.8. The second kappa shape index (κ2) is 7.65. The Morgan fingerprint density at radius 2 is 1.03 bits per heavy atom. The first-order valence-electron chi connectivity index (χ1n) is 9.87. The largest absolute Gasteiger partial charge is 0.356 e. The van der Waals surface area contributed by atoms with Crippen molar-refractivity contribution in [3.8, 4) is 22.3 Å². The van der Waals surface area contributed by atoms with Gasteiger partial charge in [-0.1, -0.05) is 84.9 Å². The summed E-state index contributed by atoms with van der Waals surface area (Å²) in [4.78, 5) is 0. The van der Waals surface area contributed by atoms with Crippen molar-refractivity contribution in [2.45, 2.75) is 0 Å². The van der Waals surface area contributed by atoms with Gasteiger partial charge in [-0.2, -0.15) is 0 Å². The van der Waals surface area contributed by atoms with Crippen LogP contribution >= 0.6 is 0 Å². The van der Waals surface area contributed by atoms with Crippen molar-refractivity contribution in [1.82, 2.24) is 0 Å². The average molecular weight is 371 g/mol. The van der Waals surface area contributed by atoms with E-state index in [4.69, 9.17) is 0 Å². The molecular weight excluding hydrogens is 350 g/mol. The van der Waals surface area contributed by atoms with Crippen molar-refractivity contribution >= 4 is 22.1 Å². The Balaban J connectivity index is 1.55. The molecule has 1 N–H and O–H groups in total. The van der Waals surface area contributed by atoms with Gasteiger partial charge in [0, 0.05) is 11.4 Å². The topological polar surface area (TPSA) is 12.0 Å². The van der Waals surface area contributed by atoms with Crippen molar-refractivity contribution in [3.63, 3.8) is 0 Å². The number of nitrogens with one attached hydrogen (secondary N) is 1. The molecule has 0 saturated heterocycles.